The van der Waals surface area contributed by atoms with Crippen LogP contribution in [0.25, 0.3) is 11.0 Å². The number of pyridine rings is 1. The number of aromatic nitrogens is 3. The fraction of sp³-hybridized carbons (Fsp3) is 0.364. The number of nitrogens with one attached hydrogen (secondary N) is 1. The van der Waals surface area contributed by atoms with Crippen LogP contribution in [-0.2, 0) is 17.6 Å². The standard InChI is InChI=1S/C22H23ClN4O2/c1-3-19(21(28)26-17-10-6-8-16(23)13(17)2)27-12-24-20-15(22(27)29)11-14-7-4-5-9-18(14)25-20/h6,8,10-12,19H,3-5,7,9H2,1-2H3,(H,26,28). The van der Waals surface area contributed by atoms with Gasteiger partial charge in [0.2, 0.25) is 5.91 Å². The highest BCUT2D eigenvalue weighted by atomic mass is 35.5. The number of aryl methyl sites for hydroxylation is 2. The maximum Gasteiger partial charge on any atom is 0.263 e. The summed E-state index contributed by atoms with van der Waals surface area (Å²) in [4.78, 5) is 35.1. The van der Waals surface area contributed by atoms with Gasteiger partial charge in [-0.1, -0.05) is 24.6 Å². The van der Waals surface area contributed by atoms with E-state index in [9.17, 15) is 9.59 Å². The first-order chi connectivity index (χ1) is 14.0. The molecule has 29 heavy (non-hydrogen) atoms. The second-order valence-electron chi connectivity index (χ2n) is 7.46. The van der Waals surface area contributed by atoms with Gasteiger partial charge in [-0.25, -0.2) is 9.97 Å². The molecule has 4 rings (SSSR count). The summed E-state index contributed by atoms with van der Waals surface area (Å²) in [7, 11) is 0. The fourth-order valence-electron chi connectivity index (χ4n) is 3.88. The fourth-order valence-corrected chi connectivity index (χ4v) is 4.05. The van der Waals surface area contributed by atoms with Gasteiger partial charge >= 0.3 is 0 Å². The van der Waals surface area contributed by atoms with Crippen molar-refractivity contribution in [2.75, 3.05) is 5.32 Å². The molecule has 0 spiro atoms. The molecule has 0 saturated heterocycles. The predicted molar refractivity (Wildman–Crippen MR) is 115 cm³/mol. The quantitative estimate of drug-likeness (QED) is 0.698. The summed E-state index contributed by atoms with van der Waals surface area (Å²) in [5.74, 6) is -0.271. The van der Waals surface area contributed by atoms with E-state index in [1.54, 1.807) is 18.2 Å². The van der Waals surface area contributed by atoms with Gasteiger partial charge in [-0.3, -0.25) is 14.2 Å². The summed E-state index contributed by atoms with van der Waals surface area (Å²) in [6.07, 6.45) is 5.97. The molecule has 1 atom stereocenters. The van der Waals surface area contributed by atoms with Gasteiger partial charge in [-0.05, 0) is 68.4 Å². The zero-order chi connectivity index (χ0) is 20.5. The van der Waals surface area contributed by atoms with Crippen LogP contribution in [0, 0.1) is 6.92 Å². The molecule has 0 bridgehead atoms. The third-order valence-electron chi connectivity index (χ3n) is 5.60. The molecule has 0 radical (unpaired) electrons. The number of anilines is 1. The lowest BCUT2D eigenvalue weighted by Gasteiger charge is -2.20. The highest BCUT2D eigenvalue weighted by Gasteiger charge is 2.23. The molecule has 150 valence electrons. The van der Waals surface area contributed by atoms with Crippen LogP contribution in [0.5, 0.6) is 0 Å². The van der Waals surface area contributed by atoms with Crippen molar-refractivity contribution in [3.63, 3.8) is 0 Å². The summed E-state index contributed by atoms with van der Waals surface area (Å²) >= 11 is 6.15. The summed E-state index contributed by atoms with van der Waals surface area (Å²) < 4.78 is 1.41. The molecule has 0 saturated carbocycles. The topological polar surface area (TPSA) is 76.9 Å². The smallest absolute Gasteiger partial charge is 0.263 e. The van der Waals surface area contributed by atoms with Crippen molar-refractivity contribution >= 4 is 34.2 Å². The van der Waals surface area contributed by atoms with Gasteiger partial charge in [0, 0.05) is 16.4 Å². The van der Waals surface area contributed by atoms with E-state index in [1.807, 2.05) is 19.9 Å². The van der Waals surface area contributed by atoms with Crippen molar-refractivity contribution in [1.29, 1.82) is 0 Å². The molecule has 0 fully saturated rings. The molecule has 6 nitrogen and oxygen atoms in total. The second-order valence-corrected chi connectivity index (χ2v) is 7.86. The number of hydrogen-bond donors (Lipinski definition) is 1. The average Bonchev–Trinajstić information content (AvgIpc) is 2.72. The van der Waals surface area contributed by atoms with Crippen LogP contribution in [0.15, 0.2) is 35.4 Å². The third-order valence-corrected chi connectivity index (χ3v) is 6.01. The zero-order valence-electron chi connectivity index (χ0n) is 16.5. The number of rotatable bonds is 4. The van der Waals surface area contributed by atoms with Crippen LogP contribution in [0.2, 0.25) is 5.02 Å². The Morgan fingerprint density at radius 3 is 2.90 bits per heavy atom. The predicted octanol–water partition coefficient (Wildman–Crippen LogP) is 4.22. The first-order valence-electron chi connectivity index (χ1n) is 9.95. The number of benzene rings is 1. The highest BCUT2D eigenvalue weighted by Crippen LogP contribution is 2.25. The van der Waals surface area contributed by atoms with E-state index in [2.05, 4.69) is 15.3 Å². The summed E-state index contributed by atoms with van der Waals surface area (Å²) in [6.45, 7) is 3.72. The number of hydrogen-bond acceptors (Lipinski definition) is 4. The molecule has 7 heteroatoms. The zero-order valence-corrected chi connectivity index (χ0v) is 17.3. The molecule has 1 aromatic carbocycles. The molecule has 1 aliphatic carbocycles. The van der Waals surface area contributed by atoms with E-state index in [-0.39, 0.29) is 11.5 Å². The third kappa shape index (κ3) is 3.65. The minimum Gasteiger partial charge on any atom is -0.324 e. The summed E-state index contributed by atoms with van der Waals surface area (Å²) in [6, 6.07) is 6.59. The number of carbonyl (C=O) groups excluding carboxylic acids is 1. The first-order valence-corrected chi connectivity index (χ1v) is 10.3. The van der Waals surface area contributed by atoms with Crippen LogP contribution in [0.4, 0.5) is 5.69 Å². The van der Waals surface area contributed by atoms with Crippen LogP contribution in [0.1, 0.15) is 49.0 Å². The lowest BCUT2D eigenvalue weighted by molar-refractivity contribution is -0.119. The van der Waals surface area contributed by atoms with Crippen LogP contribution >= 0.6 is 11.6 Å². The van der Waals surface area contributed by atoms with Crippen molar-refractivity contribution in [1.82, 2.24) is 14.5 Å². The van der Waals surface area contributed by atoms with E-state index < -0.39 is 6.04 Å². The van der Waals surface area contributed by atoms with Crippen molar-refractivity contribution in [3.8, 4) is 0 Å². The molecular weight excluding hydrogens is 388 g/mol. The van der Waals surface area contributed by atoms with Crippen LogP contribution < -0.4 is 10.9 Å². The number of fused-ring (bicyclic) bond motifs is 2. The van der Waals surface area contributed by atoms with Gasteiger partial charge in [-0.2, -0.15) is 0 Å². The van der Waals surface area contributed by atoms with Gasteiger partial charge < -0.3 is 5.32 Å². The van der Waals surface area contributed by atoms with Gasteiger partial charge in [0.25, 0.3) is 5.56 Å². The first kappa shape index (κ1) is 19.6. The van der Waals surface area contributed by atoms with E-state index in [0.717, 1.165) is 42.5 Å². The maximum absolute atomic E-state index is 13.2. The molecule has 1 unspecified atom stereocenters. The van der Waals surface area contributed by atoms with E-state index in [1.165, 1.54) is 10.9 Å². The van der Waals surface area contributed by atoms with E-state index in [4.69, 9.17) is 11.6 Å². The maximum atomic E-state index is 13.2. The van der Waals surface area contributed by atoms with Crippen molar-refractivity contribution in [3.05, 3.63) is 62.8 Å². The monoisotopic (exact) mass is 410 g/mol. The molecule has 2 aromatic heterocycles. The minimum atomic E-state index is -0.672. The average molecular weight is 411 g/mol. The van der Waals surface area contributed by atoms with Crippen molar-refractivity contribution < 1.29 is 4.79 Å². The highest BCUT2D eigenvalue weighted by molar-refractivity contribution is 6.31. The number of amides is 1. The Kier molecular flexibility index (Phi) is 5.37. The number of carbonyl (C=O) groups is 1. The molecule has 1 amide bonds. The molecular formula is C22H23ClN4O2. The SMILES string of the molecule is CCC(C(=O)Nc1cccc(Cl)c1C)n1cnc2nc3c(cc2c1=O)CCCC3. The Bertz CT molecular complexity index is 1160. The molecule has 0 aliphatic heterocycles. The normalized spacial score (nSPS) is 14.4. The Balaban J connectivity index is 1.71. The van der Waals surface area contributed by atoms with Crippen LogP contribution in [0.3, 0.4) is 0 Å². The van der Waals surface area contributed by atoms with Gasteiger partial charge in [-0.15, -0.1) is 0 Å². The van der Waals surface area contributed by atoms with Crippen LogP contribution in [-0.4, -0.2) is 20.4 Å². The Morgan fingerprint density at radius 1 is 1.31 bits per heavy atom. The lowest BCUT2D eigenvalue weighted by atomic mass is 9.95. The lowest BCUT2D eigenvalue weighted by Crippen LogP contribution is -2.33. The van der Waals surface area contributed by atoms with Gasteiger partial charge in [0.1, 0.15) is 12.4 Å². The molecule has 3 aromatic rings. The van der Waals surface area contributed by atoms with Gasteiger partial charge in [0.05, 0.1) is 5.39 Å². The Labute approximate surface area is 173 Å². The van der Waals surface area contributed by atoms with E-state index >= 15 is 0 Å². The molecule has 1 aliphatic rings. The van der Waals surface area contributed by atoms with Gasteiger partial charge in [0.15, 0.2) is 5.65 Å². The van der Waals surface area contributed by atoms with Crippen molar-refractivity contribution in [2.45, 2.75) is 52.0 Å². The van der Waals surface area contributed by atoms with Crippen molar-refractivity contribution in [2.24, 2.45) is 0 Å². The minimum absolute atomic E-state index is 0.235. The van der Waals surface area contributed by atoms with E-state index in [0.29, 0.717) is 28.2 Å². The largest absolute Gasteiger partial charge is 0.324 e. The number of nitrogens with zero attached hydrogens (tertiary/aromatic N) is 3. The summed E-state index contributed by atoms with van der Waals surface area (Å²) in [5, 5.41) is 3.95. The molecule has 1 N–H and O–H groups in total. The number of halogens is 1. The summed E-state index contributed by atoms with van der Waals surface area (Å²) in [5.41, 5.74) is 3.80. The Morgan fingerprint density at radius 2 is 2.10 bits per heavy atom. The Hall–Kier alpha value is -2.73. The second kappa shape index (κ2) is 7.95. The molecule has 2 heterocycles.